The molecule has 5 nitrogen and oxygen atoms in total. The maximum Gasteiger partial charge on any atom is 0.250 e. The third kappa shape index (κ3) is 5.31. The van der Waals surface area contributed by atoms with Gasteiger partial charge < -0.3 is 4.90 Å². The molecule has 0 aliphatic heterocycles. The third-order valence-electron chi connectivity index (χ3n) is 3.17. The Labute approximate surface area is 144 Å². The minimum absolute atomic E-state index is 0.115. The van der Waals surface area contributed by atoms with Crippen molar-refractivity contribution in [3.05, 3.63) is 52.4 Å². The molecule has 0 spiro atoms. The summed E-state index contributed by atoms with van der Waals surface area (Å²) in [5.41, 5.74) is 0.936. The summed E-state index contributed by atoms with van der Waals surface area (Å²) >= 11 is 6.99. The summed E-state index contributed by atoms with van der Waals surface area (Å²) < 4.78 is 26.8. The summed E-state index contributed by atoms with van der Waals surface area (Å²) in [4.78, 5) is 13.3. The molecule has 0 saturated heterocycles. The normalized spacial score (nSPS) is 11.4. The highest BCUT2D eigenvalue weighted by Gasteiger charge is 2.16. The predicted molar refractivity (Wildman–Crippen MR) is 92.1 cm³/mol. The van der Waals surface area contributed by atoms with E-state index in [0.717, 1.165) is 16.9 Å². The average molecular weight is 373 g/mol. The predicted octanol–water partition coefficient (Wildman–Crippen LogP) is 2.73. The smallest absolute Gasteiger partial charge is 0.250 e. The second-order valence-electron chi connectivity index (χ2n) is 4.90. The van der Waals surface area contributed by atoms with Crippen LogP contribution in [-0.2, 0) is 21.4 Å². The number of hydrogen-bond acceptors (Lipinski definition) is 4. The van der Waals surface area contributed by atoms with E-state index >= 15 is 0 Å². The van der Waals surface area contributed by atoms with Crippen molar-refractivity contribution < 1.29 is 13.2 Å². The summed E-state index contributed by atoms with van der Waals surface area (Å²) in [6.07, 6.45) is 0. The molecule has 0 radical (unpaired) electrons. The lowest BCUT2D eigenvalue weighted by Crippen LogP contribution is -2.36. The van der Waals surface area contributed by atoms with Gasteiger partial charge in [0.1, 0.15) is 4.21 Å². The first-order valence-corrected chi connectivity index (χ1v) is 9.66. The molecule has 0 saturated carbocycles. The van der Waals surface area contributed by atoms with E-state index < -0.39 is 10.0 Å². The number of carbonyl (C=O) groups excluding carboxylic acids is 1. The van der Waals surface area contributed by atoms with Gasteiger partial charge in [0.05, 0.1) is 0 Å². The Balaban J connectivity index is 1.93. The van der Waals surface area contributed by atoms with Gasteiger partial charge in [-0.2, -0.15) is 0 Å². The van der Waals surface area contributed by atoms with Crippen LogP contribution in [0.2, 0.25) is 5.02 Å². The van der Waals surface area contributed by atoms with E-state index in [1.807, 2.05) is 12.1 Å². The SMILES string of the molecule is CC(=O)N(CCNS(=O)(=O)c1cccs1)Cc1ccc(Cl)cc1. The number of benzene rings is 1. The summed E-state index contributed by atoms with van der Waals surface area (Å²) in [5, 5.41) is 2.34. The van der Waals surface area contributed by atoms with Gasteiger partial charge in [-0.1, -0.05) is 29.8 Å². The molecule has 1 N–H and O–H groups in total. The maximum atomic E-state index is 12.0. The molecule has 1 aromatic heterocycles. The van der Waals surface area contributed by atoms with Crippen LogP contribution in [0.4, 0.5) is 0 Å². The first-order valence-electron chi connectivity index (χ1n) is 6.91. The number of amides is 1. The molecular formula is C15H17ClN2O3S2. The molecule has 124 valence electrons. The van der Waals surface area contributed by atoms with Crippen molar-refractivity contribution in [3.8, 4) is 0 Å². The van der Waals surface area contributed by atoms with Crippen molar-refractivity contribution in [2.24, 2.45) is 0 Å². The van der Waals surface area contributed by atoms with Crippen LogP contribution in [0.3, 0.4) is 0 Å². The van der Waals surface area contributed by atoms with E-state index in [1.54, 1.807) is 34.5 Å². The molecule has 0 aliphatic carbocycles. The largest absolute Gasteiger partial charge is 0.337 e. The molecule has 2 rings (SSSR count). The number of nitrogens with one attached hydrogen (secondary N) is 1. The number of thiophene rings is 1. The lowest BCUT2D eigenvalue weighted by molar-refractivity contribution is -0.129. The van der Waals surface area contributed by atoms with Crippen LogP contribution in [-0.4, -0.2) is 32.3 Å². The third-order valence-corrected chi connectivity index (χ3v) is 6.28. The average Bonchev–Trinajstić information content (AvgIpc) is 3.03. The molecule has 1 aromatic carbocycles. The van der Waals surface area contributed by atoms with Crippen LogP contribution in [0, 0.1) is 0 Å². The fourth-order valence-electron chi connectivity index (χ4n) is 1.96. The standard InChI is InChI=1S/C15H17ClN2O3S2/c1-12(19)18(11-13-4-6-14(16)7-5-13)9-8-17-23(20,21)15-3-2-10-22-15/h2-7,10,17H,8-9,11H2,1H3. The Hall–Kier alpha value is -1.41. The minimum atomic E-state index is -3.50. The number of halogens is 1. The molecular weight excluding hydrogens is 356 g/mol. The Kier molecular flexibility index (Phi) is 6.17. The molecule has 0 atom stereocenters. The van der Waals surface area contributed by atoms with Gasteiger partial charge in [0.25, 0.3) is 0 Å². The Morgan fingerprint density at radius 3 is 2.52 bits per heavy atom. The van der Waals surface area contributed by atoms with E-state index in [0.29, 0.717) is 18.1 Å². The zero-order chi connectivity index (χ0) is 16.9. The monoisotopic (exact) mass is 372 g/mol. The van der Waals surface area contributed by atoms with Crippen LogP contribution in [0.15, 0.2) is 46.0 Å². The van der Waals surface area contributed by atoms with Crippen molar-refractivity contribution in [1.82, 2.24) is 9.62 Å². The number of sulfonamides is 1. The highest BCUT2D eigenvalue weighted by atomic mass is 35.5. The van der Waals surface area contributed by atoms with E-state index in [1.165, 1.54) is 6.92 Å². The highest BCUT2D eigenvalue weighted by molar-refractivity contribution is 7.91. The molecule has 0 fully saturated rings. The molecule has 1 heterocycles. The van der Waals surface area contributed by atoms with Crippen molar-refractivity contribution in [2.45, 2.75) is 17.7 Å². The van der Waals surface area contributed by atoms with Crippen LogP contribution < -0.4 is 4.72 Å². The molecule has 23 heavy (non-hydrogen) atoms. The molecule has 0 aliphatic rings. The van der Waals surface area contributed by atoms with Crippen molar-refractivity contribution in [1.29, 1.82) is 0 Å². The van der Waals surface area contributed by atoms with Gasteiger partial charge >= 0.3 is 0 Å². The zero-order valence-electron chi connectivity index (χ0n) is 12.5. The molecule has 8 heteroatoms. The number of nitrogens with zero attached hydrogens (tertiary/aromatic N) is 1. The van der Waals surface area contributed by atoms with E-state index in [-0.39, 0.29) is 16.7 Å². The van der Waals surface area contributed by atoms with Crippen LogP contribution in [0.1, 0.15) is 12.5 Å². The summed E-state index contributed by atoms with van der Waals surface area (Å²) in [6, 6.07) is 10.4. The van der Waals surface area contributed by atoms with E-state index in [9.17, 15) is 13.2 Å². The number of carbonyl (C=O) groups is 1. The maximum absolute atomic E-state index is 12.0. The fraction of sp³-hybridized carbons (Fsp3) is 0.267. The second kappa shape index (κ2) is 7.92. The van der Waals surface area contributed by atoms with E-state index in [2.05, 4.69) is 4.72 Å². The second-order valence-corrected chi connectivity index (χ2v) is 8.27. The lowest BCUT2D eigenvalue weighted by Gasteiger charge is -2.21. The number of rotatable bonds is 7. The van der Waals surface area contributed by atoms with Crippen molar-refractivity contribution >= 4 is 38.9 Å². The summed E-state index contributed by atoms with van der Waals surface area (Å²) in [5.74, 6) is -0.115. The Morgan fingerprint density at radius 2 is 1.96 bits per heavy atom. The van der Waals surface area contributed by atoms with Crippen LogP contribution in [0.5, 0.6) is 0 Å². The quantitative estimate of drug-likeness (QED) is 0.812. The van der Waals surface area contributed by atoms with Gasteiger partial charge in [-0.05, 0) is 29.1 Å². The molecule has 0 unspecified atom stereocenters. The first-order chi connectivity index (χ1) is 10.9. The van der Waals surface area contributed by atoms with Gasteiger partial charge in [0.15, 0.2) is 0 Å². The van der Waals surface area contributed by atoms with Crippen LogP contribution >= 0.6 is 22.9 Å². The zero-order valence-corrected chi connectivity index (χ0v) is 14.9. The van der Waals surface area contributed by atoms with Gasteiger partial charge in [-0.15, -0.1) is 11.3 Å². The number of hydrogen-bond donors (Lipinski definition) is 1. The van der Waals surface area contributed by atoms with Crippen molar-refractivity contribution in [2.75, 3.05) is 13.1 Å². The van der Waals surface area contributed by atoms with Gasteiger partial charge in [-0.25, -0.2) is 13.1 Å². The van der Waals surface area contributed by atoms with Gasteiger partial charge in [0.2, 0.25) is 15.9 Å². The molecule has 0 bridgehead atoms. The Morgan fingerprint density at radius 1 is 1.26 bits per heavy atom. The van der Waals surface area contributed by atoms with Crippen LogP contribution in [0.25, 0.3) is 0 Å². The molecule has 2 aromatic rings. The first kappa shape index (κ1) is 17.9. The van der Waals surface area contributed by atoms with E-state index in [4.69, 9.17) is 11.6 Å². The fourth-order valence-corrected chi connectivity index (χ4v) is 4.15. The van der Waals surface area contributed by atoms with Gasteiger partial charge in [0, 0.05) is 31.6 Å². The summed E-state index contributed by atoms with van der Waals surface area (Å²) in [7, 11) is -3.50. The van der Waals surface area contributed by atoms with Crippen molar-refractivity contribution in [3.63, 3.8) is 0 Å². The lowest BCUT2D eigenvalue weighted by atomic mass is 10.2. The molecule has 1 amide bonds. The summed E-state index contributed by atoms with van der Waals surface area (Å²) in [6.45, 7) is 2.33. The minimum Gasteiger partial charge on any atom is -0.337 e. The highest BCUT2D eigenvalue weighted by Crippen LogP contribution is 2.15. The van der Waals surface area contributed by atoms with Gasteiger partial charge in [-0.3, -0.25) is 4.79 Å². The topological polar surface area (TPSA) is 66.5 Å². The Bertz CT molecular complexity index is 744.